The molecule has 11 heavy (non-hydrogen) atoms. The molecule has 3 nitrogen and oxygen atoms in total. The molecule has 0 radical (unpaired) electrons. The van der Waals surface area contributed by atoms with E-state index in [0.29, 0.717) is 17.9 Å². The molecule has 0 saturated heterocycles. The molecule has 0 saturated carbocycles. The number of hydrogen-bond acceptors (Lipinski definition) is 3. The molecule has 0 aromatic heterocycles. The monoisotopic (exact) mass is 156 g/mol. The summed E-state index contributed by atoms with van der Waals surface area (Å²) in [7, 11) is 3.08. The maximum Gasteiger partial charge on any atom is 0.166 e. The van der Waals surface area contributed by atoms with E-state index in [1.807, 2.05) is 6.08 Å². The Balaban J connectivity index is 2.86. The van der Waals surface area contributed by atoms with E-state index in [-0.39, 0.29) is 0 Å². The first-order valence-corrected chi connectivity index (χ1v) is 3.46. The first-order valence-electron chi connectivity index (χ1n) is 3.46. The van der Waals surface area contributed by atoms with Gasteiger partial charge in [-0.3, -0.25) is 0 Å². The van der Waals surface area contributed by atoms with Gasteiger partial charge in [0.05, 0.1) is 14.2 Å². The Bertz CT molecular complexity index is 194. The predicted molar refractivity (Wildman–Crippen MR) is 40.8 cm³/mol. The van der Waals surface area contributed by atoms with Crippen molar-refractivity contribution in [3.63, 3.8) is 0 Å². The topological polar surface area (TPSA) is 38.7 Å². The maximum atomic E-state index is 9.36. The van der Waals surface area contributed by atoms with Crippen molar-refractivity contribution in [2.24, 2.45) is 0 Å². The van der Waals surface area contributed by atoms with Crippen molar-refractivity contribution in [1.82, 2.24) is 0 Å². The molecular formula is C8H12O3. The largest absolute Gasteiger partial charge is 0.494 e. The highest BCUT2D eigenvalue weighted by Gasteiger charge is 2.18. The molecule has 0 aromatic rings. The van der Waals surface area contributed by atoms with Crippen LogP contribution in [0.4, 0.5) is 0 Å². The Hall–Kier alpha value is -0.960. The number of hydrogen-bond donors (Lipinski definition) is 1. The zero-order valence-corrected chi connectivity index (χ0v) is 6.70. The minimum absolute atomic E-state index is 0.509. The van der Waals surface area contributed by atoms with Gasteiger partial charge in [0.2, 0.25) is 0 Å². The quantitative estimate of drug-likeness (QED) is 0.643. The van der Waals surface area contributed by atoms with Crippen LogP contribution in [0.1, 0.15) is 6.42 Å². The number of allylic oxidation sites excluding steroid dienone is 1. The van der Waals surface area contributed by atoms with Crippen LogP contribution in [0.2, 0.25) is 0 Å². The minimum atomic E-state index is -0.556. The smallest absolute Gasteiger partial charge is 0.166 e. The average Bonchev–Trinajstić information content (AvgIpc) is 2.04. The third kappa shape index (κ3) is 1.54. The molecule has 0 bridgehead atoms. The molecule has 1 aliphatic carbocycles. The maximum absolute atomic E-state index is 9.36. The Morgan fingerprint density at radius 1 is 1.45 bits per heavy atom. The lowest BCUT2D eigenvalue weighted by Crippen LogP contribution is -2.16. The average molecular weight is 156 g/mol. The second-order valence-electron chi connectivity index (χ2n) is 2.29. The summed E-state index contributed by atoms with van der Waals surface area (Å²) in [5, 5.41) is 9.36. The van der Waals surface area contributed by atoms with Crippen molar-refractivity contribution >= 4 is 0 Å². The molecule has 1 N–H and O–H groups in total. The van der Waals surface area contributed by atoms with Crippen LogP contribution in [0.3, 0.4) is 0 Å². The third-order valence-corrected chi connectivity index (χ3v) is 1.61. The number of ether oxygens (including phenoxy) is 2. The van der Waals surface area contributed by atoms with E-state index >= 15 is 0 Å². The zero-order valence-electron chi connectivity index (χ0n) is 6.70. The first-order chi connectivity index (χ1) is 5.29. The van der Waals surface area contributed by atoms with Crippen LogP contribution in [0.5, 0.6) is 0 Å². The fourth-order valence-corrected chi connectivity index (χ4v) is 1.06. The Morgan fingerprint density at radius 3 is 2.64 bits per heavy atom. The summed E-state index contributed by atoms with van der Waals surface area (Å²) in [6.07, 6.45) is 3.69. The van der Waals surface area contributed by atoms with Gasteiger partial charge >= 0.3 is 0 Å². The van der Waals surface area contributed by atoms with Crippen LogP contribution in [-0.4, -0.2) is 25.4 Å². The van der Waals surface area contributed by atoms with Gasteiger partial charge in [0.25, 0.3) is 0 Å². The lowest BCUT2D eigenvalue weighted by molar-refractivity contribution is 0.109. The van der Waals surface area contributed by atoms with Crippen LogP contribution in [0, 0.1) is 0 Å². The molecule has 1 unspecified atom stereocenters. The number of aliphatic hydroxyl groups is 1. The molecule has 62 valence electrons. The molecule has 0 aromatic carbocycles. The highest BCUT2D eigenvalue weighted by molar-refractivity contribution is 5.24. The fraction of sp³-hybridized carbons (Fsp3) is 0.500. The molecule has 1 aliphatic rings. The summed E-state index contributed by atoms with van der Waals surface area (Å²) in [6, 6.07) is 0. The summed E-state index contributed by atoms with van der Waals surface area (Å²) < 4.78 is 9.93. The lowest BCUT2D eigenvalue weighted by atomic mass is 10.1. The van der Waals surface area contributed by atoms with Gasteiger partial charge in [0, 0.05) is 0 Å². The lowest BCUT2D eigenvalue weighted by Gasteiger charge is -2.18. The Kier molecular flexibility index (Phi) is 2.54. The summed E-state index contributed by atoms with van der Waals surface area (Å²) in [4.78, 5) is 0. The standard InChI is InChI=1S/C8H12O3/c1-10-7-5-3-4-6(9)8(7)11-2/h3,5-6,9H,4H2,1-2H3. The molecular weight excluding hydrogens is 144 g/mol. The van der Waals surface area contributed by atoms with Crippen molar-refractivity contribution in [2.45, 2.75) is 12.5 Å². The Morgan fingerprint density at radius 2 is 2.18 bits per heavy atom. The van der Waals surface area contributed by atoms with E-state index in [9.17, 15) is 5.11 Å². The number of methoxy groups -OCH3 is 2. The fourth-order valence-electron chi connectivity index (χ4n) is 1.06. The first kappa shape index (κ1) is 8.14. The molecule has 1 atom stereocenters. The third-order valence-electron chi connectivity index (χ3n) is 1.61. The molecule has 0 spiro atoms. The zero-order chi connectivity index (χ0) is 8.27. The predicted octanol–water partition coefficient (Wildman–Crippen LogP) is 0.812. The van der Waals surface area contributed by atoms with Gasteiger partial charge in [-0.25, -0.2) is 0 Å². The summed E-state index contributed by atoms with van der Waals surface area (Å²) in [5.74, 6) is 1.11. The number of aliphatic hydroxyl groups excluding tert-OH is 1. The highest BCUT2D eigenvalue weighted by Crippen LogP contribution is 2.19. The molecule has 0 amide bonds. The van der Waals surface area contributed by atoms with Crippen molar-refractivity contribution in [3.05, 3.63) is 23.7 Å². The van der Waals surface area contributed by atoms with E-state index in [2.05, 4.69) is 0 Å². The highest BCUT2D eigenvalue weighted by atomic mass is 16.5. The van der Waals surface area contributed by atoms with Gasteiger partial charge in [-0.1, -0.05) is 6.08 Å². The van der Waals surface area contributed by atoms with Gasteiger partial charge in [0.1, 0.15) is 6.10 Å². The molecule has 0 aliphatic heterocycles. The van der Waals surface area contributed by atoms with E-state index in [0.717, 1.165) is 0 Å². The van der Waals surface area contributed by atoms with Crippen LogP contribution >= 0.6 is 0 Å². The summed E-state index contributed by atoms with van der Waals surface area (Å²) in [5.41, 5.74) is 0. The van der Waals surface area contributed by atoms with Gasteiger partial charge in [-0.15, -0.1) is 0 Å². The second kappa shape index (κ2) is 3.44. The van der Waals surface area contributed by atoms with Crippen molar-refractivity contribution in [3.8, 4) is 0 Å². The van der Waals surface area contributed by atoms with Gasteiger partial charge < -0.3 is 14.6 Å². The van der Waals surface area contributed by atoms with Crippen LogP contribution in [0.25, 0.3) is 0 Å². The van der Waals surface area contributed by atoms with Crippen molar-refractivity contribution < 1.29 is 14.6 Å². The van der Waals surface area contributed by atoms with E-state index in [4.69, 9.17) is 9.47 Å². The summed E-state index contributed by atoms with van der Waals surface area (Å²) >= 11 is 0. The SMILES string of the molecule is COC1=C(OC)C(O)CC=C1. The van der Waals surface area contributed by atoms with Gasteiger partial charge in [-0.2, -0.15) is 0 Å². The van der Waals surface area contributed by atoms with Gasteiger partial charge in [-0.05, 0) is 12.5 Å². The molecule has 1 rings (SSSR count). The van der Waals surface area contributed by atoms with Gasteiger partial charge in [0.15, 0.2) is 11.5 Å². The minimum Gasteiger partial charge on any atom is -0.494 e. The Labute approximate surface area is 65.9 Å². The van der Waals surface area contributed by atoms with E-state index in [1.54, 1.807) is 13.2 Å². The number of rotatable bonds is 2. The summed E-state index contributed by atoms with van der Waals surface area (Å²) in [6.45, 7) is 0. The molecule has 0 heterocycles. The molecule has 0 fully saturated rings. The van der Waals surface area contributed by atoms with Crippen molar-refractivity contribution in [2.75, 3.05) is 14.2 Å². The van der Waals surface area contributed by atoms with E-state index < -0.39 is 6.10 Å². The second-order valence-corrected chi connectivity index (χ2v) is 2.29. The molecule has 3 heteroatoms. The van der Waals surface area contributed by atoms with E-state index in [1.165, 1.54) is 7.11 Å². The normalized spacial score (nSPS) is 23.7. The van der Waals surface area contributed by atoms with Crippen LogP contribution in [-0.2, 0) is 9.47 Å². The van der Waals surface area contributed by atoms with Crippen LogP contribution < -0.4 is 0 Å². The van der Waals surface area contributed by atoms with Crippen molar-refractivity contribution in [1.29, 1.82) is 0 Å². The van der Waals surface area contributed by atoms with Crippen LogP contribution in [0.15, 0.2) is 23.7 Å².